The summed E-state index contributed by atoms with van der Waals surface area (Å²) in [6.07, 6.45) is 3.93. The largest absolute Gasteiger partial charge is 0.439 e. The van der Waals surface area contributed by atoms with E-state index in [1.807, 2.05) is 12.1 Å². The van der Waals surface area contributed by atoms with Crippen LogP contribution >= 0.6 is 24.0 Å². The second-order valence-electron chi connectivity index (χ2n) is 6.67. The Bertz CT molecular complexity index is 721. The van der Waals surface area contributed by atoms with Gasteiger partial charge in [-0.1, -0.05) is 29.8 Å². The van der Waals surface area contributed by atoms with Crippen LogP contribution in [0.3, 0.4) is 0 Å². The summed E-state index contributed by atoms with van der Waals surface area (Å²) in [5, 5.41) is 6.54. The normalized spacial score (nSPS) is 19.9. The SMILES string of the molecule is CN=C(NCc1ncc(-c2ccc(C)cc2)o1)NCC1(C)CCCO1.I. The number of benzene rings is 1. The van der Waals surface area contributed by atoms with Crippen LogP contribution in [-0.4, -0.2) is 36.7 Å². The molecule has 0 bridgehead atoms. The van der Waals surface area contributed by atoms with Crippen molar-refractivity contribution in [1.82, 2.24) is 15.6 Å². The Morgan fingerprint density at radius 1 is 1.27 bits per heavy atom. The summed E-state index contributed by atoms with van der Waals surface area (Å²) in [7, 11) is 1.75. The average Bonchev–Trinajstić information content (AvgIpc) is 3.25. The first-order valence-corrected chi connectivity index (χ1v) is 8.68. The fourth-order valence-corrected chi connectivity index (χ4v) is 2.87. The van der Waals surface area contributed by atoms with E-state index in [2.05, 4.69) is 46.6 Å². The second-order valence-corrected chi connectivity index (χ2v) is 6.67. The summed E-state index contributed by atoms with van der Waals surface area (Å²) in [5.41, 5.74) is 2.14. The standard InChI is InChI=1S/C19H26N4O2.HI/c1-14-5-7-15(8-6-14)16-11-21-17(25-16)12-22-18(20-3)23-13-19(2)9-4-10-24-19;/h5-8,11H,4,9-10,12-13H2,1-3H3,(H2,20,22,23);1H. The third-order valence-corrected chi connectivity index (χ3v) is 4.45. The molecule has 0 amide bonds. The highest BCUT2D eigenvalue weighted by atomic mass is 127. The number of hydrogen-bond donors (Lipinski definition) is 2. The highest BCUT2D eigenvalue weighted by Gasteiger charge is 2.29. The van der Waals surface area contributed by atoms with Crippen LogP contribution in [0.25, 0.3) is 11.3 Å². The summed E-state index contributed by atoms with van der Waals surface area (Å²) in [6.45, 7) is 6.23. The van der Waals surface area contributed by atoms with Crippen LogP contribution in [0.2, 0.25) is 0 Å². The number of oxazole rings is 1. The van der Waals surface area contributed by atoms with E-state index >= 15 is 0 Å². The molecule has 1 aliphatic rings. The lowest BCUT2D eigenvalue weighted by Gasteiger charge is -2.24. The number of aryl methyl sites for hydroxylation is 1. The summed E-state index contributed by atoms with van der Waals surface area (Å²) in [6, 6.07) is 8.20. The minimum absolute atomic E-state index is 0. The zero-order valence-corrected chi connectivity index (χ0v) is 17.9. The van der Waals surface area contributed by atoms with E-state index in [-0.39, 0.29) is 29.6 Å². The lowest BCUT2D eigenvalue weighted by Crippen LogP contribution is -2.45. The van der Waals surface area contributed by atoms with Crippen LogP contribution in [0.15, 0.2) is 39.9 Å². The molecular weight excluding hydrogens is 443 g/mol. The molecule has 2 N–H and O–H groups in total. The van der Waals surface area contributed by atoms with Crippen molar-refractivity contribution in [2.24, 2.45) is 4.99 Å². The second kappa shape index (κ2) is 9.36. The highest BCUT2D eigenvalue weighted by molar-refractivity contribution is 14.0. The van der Waals surface area contributed by atoms with Gasteiger partial charge in [-0.3, -0.25) is 4.99 Å². The maximum Gasteiger partial charge on any atom is 0.214 e. The molecular formula is C19H27IN4O2. The van der Waals surface area contributed by atoms with Crippen molar-refractivity contribution in [3.8, 4) is 11.3 Å². The van der Waals surface area contributed by atoms with Crippen molar-refractivity contribution in [1.29, 1.82) is 0 Å². The number of hydrogen-bond acceptors (Lipinski definition) is 4. The van der Waals surface area contributed by atoms with Gasteiger partial charge < -0.3 is 19.8 Å². The number of aliphatic imine (C=N–C) groups is 1. The molecule has 3 rings (SSSR count). The van der Waals surface area contributed by atoms with Gasteiger partial charge in [-0.2, -0.15) is 0 Å². The quantitative estimate of drug-likeness (QED) is 0.398. The van der Waals surface area contributed by atoms with Gasteiger partial charge in [0.05, 0.1) is 18.3 Å². The van der Waals surface area contributed by atoms with E-state index in [1.54, 1.807) is 13.2 Å². The van der Waals surface area contributed by atoms with Crippen molar-refractivity contribution in [2.75, 3.05) is 20.2 Å². The molecule has 1 aromatic heterocycles. The van der Waals surface area contributed by atoms with Crippen LogP contribution in [-0.2, 0) is 11.3 Å². The molecule has 7 heteroatoms. The van der Waals surface area contributed by atoms with Crippen molar-refractivity contribution in [3.63, 3.8) is 0 Å². The first-order valence-electron chi connectivity index (χ1n) is 8.68. The molecule has 2 aromatic rings. The summed E-state index contributed by atoms with van der Waals surface area (Å²) in [5.74, 6) is 2.11. The average molecular weight is 470 g/mol. The van der Waals surface area contributed by atoms with Crippen LogP contribution < -0.4 is 10.6 Å². The zero-order chi connectivity index (χ0) is 17.7. The van der Waals surface area contributed by atoms with Gasteiger partial charge in [0.15, 0.2) is 11.7 Å². The van der Waals surface area contributed by atoms with E-state index in [0.717, 1.165) is 37.3 Å². The van der Waals surface area contributed by atoms with E-state index in [0.29, 0.717) is 18.4 Å². The van der Waals surface area contributed by atoms with Crippen LogP contribution in [0.5, 0.6) is 0 Å². The summed E-state index contributed by atoms with van der Waals surface area (Å²) >= 11 is 0. The predicted molar refractivity (Wildman–Crippen MR) is 114 cm³/mol. The van der Waals surface area contributed by atoms with Crippen LogP contribution in [0.1, 0.15) is 31.2 Å². The van der Waals surface area contributed by atoms with Gasteiger partial charge >= 0.3 is 0 Å². The van der Waals surface area contributed by atoms with Gasteiger partial charge in [0.2, 0.25) is 5.89 Å². The molecule has 1 atom stereocenters. The fourth-order valence-electron chi connectivity index (χ4n) is 2.87. The number of guanidine groups is 1. The Hall–Kier alpha value is -1.61. The van der Waals surface area contributed by atoms with Crippen molar-refractivity contribution >= 4 is 29.9 Å². The van der Waals surface area contributed by atoms with Gasteiger partial charge in [0.1, 0.15) is 0 Å². The maximum atomic E-state index is 5.82. The Labute approximate surface area is 171 Å². The van der Waals surface area contributed by atoms with Crippen molar-refractivity contribution in [3.05, 3.63) is 41.9 Å². The third-order valence-electron chi connectivity index (χ3n) is 4.45. The monoisotopic (exact) mass is 470 g/mol. The predicted octanol–water partition coefficient (Wildman–Crippen LogP) is 3.50. The van der Waals surface area contributed by atoms with Gasteiger partial charge in [-0.25, -0.2) is 4.98 Å². The van der Waals surface area contributed by atoms with Gasteiger partial charge in [0.25, 0.3) is 0 Å². The van der Waals surface area contributed by atoms with Crippen LogP contribution in [0.4, 0.5) is 0 Å². The number of halogens is 1. The summed E-state index contributed by atoms with van der Waals surface area (Å²) in [4.78, 5) is 8.58. The molecule has 1 aliphatic heterocycles. The molecule has 0 aliphatic carbocycles. The smallest absolute Gasteiger partial charge is 0.214 e. The number of ether oxygens (including phenoxy) is 1. The molecule has 142 valence electrons. The molecule has 1 unspecified atom stereocenters. The van der Waals surface area contributed by atoms with E-state index in [1.165, 1.54) is 5.56 Å². The summed E-state index contributed by atoms with van der Waals surface area (Å²) < 4.78 is 11.6. The number of nitrogens with one attached hydrogen (secondary N) is 2. The minimum atomic E-state index is -0.112. The molecule has 1 fully saturated rings. The molecule has 26 heavy (non-hydrogen) atoms. The Morgan fingerprint density at radius 2 is 2.04 bits per heavy atom. The van der Waals surface area contributed by atoms with E-state index in [4.69, 9.17) is 9.15 Å². The Kier molecular flexibility index (Phi) is 7.45. The minimum Gasteiger partial charge on any atom is -0.439 e. The number of nitrogens with zero attached hydrogens (tertiary/aromatic N) is 2. The first kappa shape index (κ1) is 20.7. The lowest BCUT2D eigenvalue weighted by molar-refractivity contribution is 0.0243. The van der Waals surface area contributed by atoms with Crippen molar-refractivity contribution < 1.29 is 9.15 Å². The van der Waals surface area contributed by atoms with Crippen LogP contribution in [0, 0.1) is 6.92 Å². The molecule has 0 spiro atoms. The maximum absolute atomic E-state index is 5.82. The Balaban J connectivity index is 0.00000243. The molecule has 6 nitrogen and oxygen atoms in total. The highest BCUT2D eigenvalue weighted by Crippen LogP contribution is 2.24. The number of rotatable bonds is 5. The molecule has 0 saturated carbocycles. The third kappa shape index (κ3) is 5.44. The van der Waals surface area contributed by atoms with Gasteiger partial charge in [-0.15, -0.1) is 24.0 Å². The topological polar surface area (TPSA) is 71.7 Å². The van der Waals surface area contributed by atoms with Crippen molar-refractivity contribution in [2.45, 2.75) is 38.8 Å². The zero-order valence-electron chi connectivity index (χ0n) is 15.5. The Morgan fingerprint density at radius 3 is 2.69 bits per heavy atom. The molecule has 0 radical (unpaired) electrons. The fraction of sp³-hybridized carbons (Fsp3) is 0.474. The molecule has 1 saturated heterocycles. The van der Waals surface area contributed by atoms with Gasteiger partial charge in [0, 0.05) is 25.8 Å². The molecule has 1 aromatic carbocycles. The lowest BCUT2D eigenvalue weighted by atomic mass is 10.0. The van der Waals surface area contributed by atoms with E-state index < -0.39 is 0 Å². The first-order chi connectivity index (χ1) is 12.1. The van der Waals surface area contributed by atoms with Gasteiger partial charge in [-0.05, 0) is 26.7 Å². The molecule has 2 heterocycles. The van der Waals surface area contributed by atoms with E-state index in [9.17, 15) is 0 Å². The number of aromatic nitrogens is 1.